The Kier molecular flexibility index (Phi) is 5.63. The minimum absolute atomic E-state index is 0.000173. The number of nitrogen functional groups attached to an aromatic ring is 2. The van der Waals surface area contributed by atoms with E-state index in [1.165, 1.54) is 0 Å². The lowest BCUT2D eigenvalue weighted by Gasteiger charge is -2.21. The highest BCUT2D eigenvalue weighted by Crippen LogP contribution is 2.35. The van der Waals surface area contributed by atoms with Crippen molar-refractivity contribution >= 4 is 11.9 Å². The number of nitrogens with two attached hydrogens (primary N) is 2. The molecule has 0 radical (unpaired) electrons. The van der Waals surface area contributed by atoms with Crippen LogP contribution in [-0.4, -0.2) is 35.1 Å². The van der Waals surface area contributed by atoms with Crippen LogP contribution in [0.4, 0.5) is 11.9 Å². The van der Waals surface area contributed by atoms with Crippen molar-refractivity contribution in [3.8, 4) is 11.4 Å². The molecule has 0 saturated heterocycles. The van der Waals surface area contributed by atoms with Gasteiger partial charge in [0.1, 0.15) is 17.8 Å². The molecule has 2 heterocycles. The van der Waals surface area contributed by atoms with Gasteiger partial charge in [0.2, 0.25) is 11.9 Å². The van der Waals surface area contributed by atoms with E-state index in [4.69, 9.17) is 11.5 Å². The minimum atomic E-state index is -1.04. The van der Waals surface area contributed by atoms with Crippen LogP contribution in [0.1, 0.15) is 49.0 Å². The second-order valence-corrected chi connectivity index (χ2v) is 6.22. The Morgan fingerprint density at radius 3 is 2.30 bits per heavy atom. The Morgan fingerprint density at radius 2 is 1.70 bits per heavy atom. The van der Waals surface area contributed by atoms with Crippen molar-refractivity contribution in [3.63, 3.8) is 0 Å². The predicted molar refractivity (Wildman–Crippen MR) is 101 cm³/mol. The van der Waals surface area contributed by atoms with E-state index in [1.807, 2.05) is 37.3 Å². The van der Waals surface area contributed by atoms with Crippen LogP contribution in [0.5, 0.6) is 0 Å². The quantitative estimate of drug-likeness (QED) is 0.419. The number of aliphatic hydroxyl groups is 2. The van der Waals surface area contributed by atoms with Crippen LogP contribution in [0.15, 0.2) is 30.3 Å². The zero-order valence-electron chi connectivity index (χ0n) is 15.0. The van der Waals surface area contributed by atoms with Gasteiger partial charge in [-0.2, -0.15) is 15.0 Å². The minimum Gasteiger partial charge on any atom is -0.390 e. The number of imidazole rings is 1. The third-order valence-corrected chi connectivity index (χ3v) is 4.30. The topological polar surface area (TPSA) is 160 Å². The van der Waals surface area contributed by atoms with E-state index in [-0.39, 0.29) is 18.5 Å². The highest BCUT2D eigenvalue weighted by molar-refractivity contribution is 5.55. The van der Waals surface area contributed by atoms with Gasteiger partial charge >= 0.3 is 0 Å². The van der Waals surface area contributed by atoms with Crippen LogP contribution in [-0.2, 0) is 6.61 Å². The Bertz CT molecular complexity index is 878. The standard InChI is InChI=1S/C18H23N7O2/c1-2-6-11(16-23-17(19)25-18(20)24-16)14(27)13-12(9-26)21-15(22-13)10-7-4-3-5-8-10/h3-5,7-8,11,14,26-27H,2,6,9H2,1H3,(H,21,22)(H4,19,20,23,24,25). The zero-order valence-corrected chi connectivity index (χ0v) is 15.0. The summed E-state index contributed by atoms with van der Waals surface area (Å²) in [4.78, 5) is 19.6. The van der Waals surface area contributed by atoms with Crippen molar-refractivity contribution < 1.29 is 10.2 Å². The number of hydrogen-bond donors (Lipinski definition) is 5. The summed E-state index contributed by atoms with van der Waals surface area (Å²) >= 11 is 0. The molecule has 0 aliphatic carbocycles. The molecule has 3 rings (SSSR count). The third-order valence-electron chi connectivity index (χ3n) is 4.30. The number of nitrogens with one attached hydrogen (secondary N) is 1. The molecule has 27 heavy (non-hydrogen) atoms. The van der Waals surface area contributed by atoms with Gasteiger partial charge in [-0.05, 0) is 6.42 Å². The lowest BCUT2D eigenvalue weighted by Crippen LogP contribution is -2.18. The Morgan fingerprint density at radius 1 is 1.04 bits per heavy atom. The van der Waals surface area contributed by atoms with Crippen LogP contribution in [0.3, 0.4) is 0 Å². The van der Waals surface area contributed by atoms with Crippen molar-refractivity contribution in [2.24, 2.45) is 0 Å². The molecule has 1 aromatic carbocycles. The molecule has 9 nitrogen and oxygen atoms in total. The SMILES string of the molecule is CCCC(c1nc(N)nc(N)n1)C(O)c1nc(-c2ccccc2)[nH]c1CO. The first-order valence-electron chi connectivity index (χ1n) is 8.73. The molecule has 0 aliphatic heterocycles. The first-order chi connectivity index (χ1) is 13.0. The Hall–Kier alpha value is -3.04. The van der Waals surface area contributed by atoms with Gasteiger partial charge < -0.3 is 26.7 Å². The number of aromatic nitrogens is 5. The molecular weight excluding hydrogens is 346 g/mol. The van der Waals surface area contributed by atoms with Crippen LogP contribution >= 0.6 is 0 Å². The summed E-state index contributed by atoms with van der Waals surface area (Å²) in [5.74, 6) is 0.390. The van der Waals surface area contributed by atoms with E-state index >= 15 is 0 Å². The van der Waals surface area contributed by atoms with Crippen LogP contribution in [0.25, 0.3) is 11.4 Å². The summed E-state index contributed by atoms with van der Waals surface area (Å²) < 4.78 is 0. The number of aromatic amines is 1. The van der Waals surface area contributed by atoms with Gasteiger partial charge in [-0.1, -0.05) is 43.7 Å². The second kappa shape index (κ2) is 8.11. The number of aliphatic hydroxyl groups excluding tert-OH is 2. The number of anilines is 2. The number of H-pyrrole nitrogens is 1. The van der Waals surface area contributed by atoms with E-state index in [0.29, 0.717) is 29.5 Å². The molecule has 2 unspecified atom stereocenters. The zero-order chi connectivity index (χ0) is 19.4. The van der Waals surface area contributed by atoms with Crippen molar-refractivity contribution in [1.82, 2.24) is 24.9 Å². The van der Waals surface area contributed by atoms with Crippen molar-refractivity contribution in [2.45, 2.75) is 38.4 Å². The Balaban J connectivity index is 2.01. The number of nitrogens with zero attached hydrogens (tertiary/aromatic N) is 4. The van der Waals surface area contributed by atoms with Gasteiger partial charge in [0.25, 0.3) is 0 Å². The van der Waals surface area contributed by atoms with Gasteiger partial charge in [-0.25, -0.2) is 4.98 Å². The van der Waals surface area contributed by atoms with Gasteiger partial charge in [-0.3, -0.25) is 0 Å². The largest absolute Gasteiger partial charge is 0.390 e. The smallest absolute Gasteiger partial charge is 0.225 e. The molecule has 0 aliphatic rings. The van der Waals surface area contributed by atoms with Crippen LogP contribution < -0.4 is 11.5 Å². The highest BCUT2D eigenvalue weighted by Gasteiger charge is 2.30. The number of benzene rings is 1. The molecule has 9 heteroatoms. The number of rotatable bonds is 7. The van der Waals surface area contributed by atoms with Crippen LogP contribution in [0, 0.1) is 0 Å². The fraction of sp³-hybridized carbons (Fsp3) is 0.333. The lowest BCUT2D eigenvalue weighted by molar-refractivity contribution is 0.128. The molecule has 0 amide bonds. The molecule has 0 fully saturated rings. The van der Waals surface area contributed by atoms with E-state index in [1.54, 1.807) is 0 Å². The van der Waals surface area contributed by atoms with Crippen molar-refractivity contribution in [2.75, 3.05) is 11.5 Å². The second-order valence-electron chi connectivity index (χ2n) is 6.22. The van der Waals surface area contributed by atoms with Gasteiger partial charge in [0.15, 0.2) is 0 Å². The van der Waals surface area contributed by atoms with Gasteiger partial charge in [-0.15, -0.1) is 0 Å². The van der Waals surface area contributed by atoms with Gasteiger partial charge in [0.05, 0.1) is 23.9 Å². The fourth-order valence-corrected chi connectivity index (χ4v) is 3.04. The average Bonchev–Trinajstić information content (AvgIpc) is 3.10. The van der Waals surface area contributed by atoms with E-state index in [2.05, 4.69) is 24.9 Å². The summed E-state index contributed by atoms with van der Waals surface area (Å²) in [7, 11) is 0. The average molecular weight is 369 g/mol. The molecule has 0 bridgehead atoms. The van der Waals surface area contributed by atoms with Crippen molar-refractivity contribution in [1.29, 1.82) is 0 Å². The first kappa shape index (κ1) is 18.7. The highest BCUT2D eigenvalue weighted by atomic mass is 16.3. The summed E-state index contributed by atoms with van der Waals surface area (Å²) in [6.07, 6.45) is 0.321. The maximum atomic E-state index is 11.0. The lowest BCUT2D eigenvalue weighted by atomic mass is 9.93. The number of hydrogen-bond acceptors (Lipinski definition) is 8. The molecule has 0 saturated carbocycles. The summed E-state index contributed by atoms with van der Waals surface area (Å²) in [6.45, 7) is 1.70. The molecule has 142 valence electrons. The van der Waals surface area contributed by atoms with E-state index in [9.17, 15) is 10.2 Å². The van der Waals surface area contributed by atoms with Gasteiger partial charge in [0, 0.05) is 5.56 Å². The summed E-state index contributed by atoms with van der Waals surface area (Å²) in [6, 6.07) is 9.48. The summed E-state index contributed by atoms with van der Waals surface area (Å²) in [5.41, 5.74) is 13.0. The molecule has 2 atom stereocenters. The Labute approximate surface area is 156 Å². The molecular formula is C18H23N7O2. The predicted octanol–water partition coefficient (Wildman–Crippen LogP) is 1.54. The van der Waals surface area contributed by atoms with E-state index < -0.39 is 12.0 Å². The maximum Gasteiger partial charge on any atom is 0.225 e. The van der Waals surface area contributed by atoms with Crippen LogP contribution in [0.2, 0.25) is 0 Å². The molecule has 2 aromatic heterocycles. The normalized spacial score (nSPS) is 13.4. The molecule has 0 spiro atoms. The monoisotopic (exact) mass is 369 g/mol. The molecule has 3 aromatic rings. The third kappa shape index (κ3) is 4.04. The summed E-state index contributed by atoms with van der Waals surface area (Å²) in [5, 5.41) is 20.8. The first-order valence-corrected chi connectivity index (χ1v) is 8.73. The molecule has 7 N–H and O–H groups in total. The maximum absolute atomic E-state index is 11.0. The fourth-order valence-electron chi connectivity index (χ4n) is 3.04. The van der Waals surface area contributed by atoms with E-state index in [0.717, 1.165) is 12.0 Å². The van der Waals surface area contributed by atoms with Crippen molar-refractivity contribution in [3.05, 3.63) is 47.5 Å².